The fourth-order valence-electron chi connectivity index (χ4n) is 1.72. The van der Waals surface area contributed by atoms with Crippen LogP contribution in [-0.4, -0.2) is 5.11 Å². The van der Waals surface area contributed by atoms with E-state index in [0.717, 1.165) is 15.6 Å². The molecule has 2 rings (SSSR count). The molecule has 100 valence electrons. The van der Waals surface area contributed by atoms with Crippen LogP contribution in [0.3, 0.4) is 0 Å². The lowest BCUT2D eigenvalue weighted by molar-refractivity contribution is 0.190. The second-order valence-electron chi connectivity index (χ2n) is 4.27. The number of halogens is 2. The van der Waals surface area contributed by atoms with E-state index in [-0.39, 0.29) is 0 Å². The molecule has 0 saturated heterocycles. The average Bonchev–Trinajstić information content (AvgIpc) is 2.38. The van der Waals surface area contributed by atoms with Crippen molar-refractivity contribution in [3.8, 4) is 5.75 Å². The van der Waals surface area contributed by atoms with E-state index >= 15 is 0 Å². The van der Waals surface area contributed by atoms with Crippen LogP contribution in [0.2, 0.25) is 5.02 Å². The van der Waals surface area contributed by atoms with E-state index in [1.807, 2.05) is 42.5 Å². The summed E-state index contributed by atoms with van der Waals surface area (Å²) in [6.07, 6.45) is -0.562. The fourth-order valence-corrected chi connectivity index (χ4v) is 2.19. The zero-order chi connectivity index (χ0) is 13.8. The standard InChI is InChI=1S/C15H14BrClO2/c1-10(18)14-7-4-12(16)8-15(14)19-9-11-2-5-13(17)6-3-11/h2-8,10,18H,9H2,1H3/t10-/m0/s1. The van der Waals surface area contributed by atoms with E-state index in [9.17, 15) is 5.11 Å². The fraction of sp³-hybridized carbons (Fsp3) is 0.200. The zero-order valence-electron chi connectivity index (χ0n) is 10.4. The van der Waals surface area contributed by atoms with Gasteiger partial charge in [-0.1, -0.05) is 45.7 Å². The number of aliphatic hydroxyl groups excluding tert-OH is 1. The Morgan fingerprint density at radius 3 is 2.53 bits per heavy atom. The van der Waals surface area contributed by atoms with Gasteiger partial charge in [0.15, 0.2) is 0 Å². The molecule has 0 aliphatic carbocycles. The van der Waals surface area contributed by atoms with Gasteiger partial charge < -0.3 is 9.84 Å². The molecule has 4 heteroatoms. The average molecular weight is 342 g/mol. The molecular formula is C15H14BrClO2. The van der Waals surface area contributed by atoms with E-state index in [1.165, 1.54) is 0 Å². The van der Waals surface area contributed by atoms with Gasteiger partial charge >= 0.3 is 0 Å². The first-order valence-electron chi connectivity index (χ1n) is 5.91. The summed E-state index contributed by atoms with van der Waals surface area (Å²) in [5.74, 6) is 0.680. The Morgan fingerprint density at radius 1 is 1.21 bits per heavy atom. The summed E-state index contributed by atoms with van der Waals surface area (Å²) in [6, 6.07) is 13.1. The third kappa shape index (κ3) is 3.96. The second-order valence-corrected chi connectivity index (χ2v) is 5.63. The van der Waals surface area contributed by atoms with Crippen molar-refractivity contribution in [3.05, 3.63) is 63.1 Å². The van der Waals surface area contributed by atoms with Gasteiger partial charge in [0.2, 0.25) is 0 Å². The summed E-state index contributed by atoms with van der Waals surface area (Å²) in [5.41, 5.74) is 1.80. The van der Waals surface area contributed by atoms with Gasteiger partial charge in [0, 0.05) is 15.1 Å². The van der Waals surface area contributed by atoms with Crippen molar-refractivity contribution in [1.29, 1.82) is 0 Å². The predicted molar refractivity (Wildman–Crippen MR) is 80.6 cm³/mol. The van der Waals surface area contributed by atoms with Crippen LogP contribution in [0.1, 0.15) is 24.2 Å². The van der Waals surface area contributed by atoms with Gasteiger partial charge in [-0.25, -0.2) is 0 Å². The van der Waals surface area contributed by atoms with Gasteiger partial charge in [-0.2, -0.15) is 0 Å². The summed E-state index contributed by atoms with van der Waals surface area (Å²) in [6.45, 7) is 2.16. The molecule has 2 nitrogen and oxygen atoms in total. The van der Waals surface area contributed by atoms with Crippen LogP contribution in [0, 0.1) is 0 Å². The van der Waals surface area contributed by atoms with Crippen LogP contribution in [0.25, 0.3) is 0 Å². The number of aliphatic hydroxyl groups is 1. The molecule has 2 aromatic carbocycles. The lowest BCUT2D eigenvalue weighted by Crippen LogP contribution is -2.01. The molecule has 0 bridgehead atoms. The van der Waals surface area contributed by atoms with E-state index in [4.69, 9.17) is 16.3 Å². The first-order chi connectivity index (χ1) is 9.06. The van der Waals surface area contributed by atoms with E-state index in [0.29, 0.717) is 17.4 Å². The molecule has 0 saturated carbocycles. The lowest BCUT2D eigenvalue weighted by Gasteiger charge is -2.14. The van der Waals surface area contributed by atoms with Gasteiger partial charge in [0.05, 0.1) is 6.10 Å². The maximum Gasteiger partial charge on any atom is 0.126 e. The summed E-state index contributed by atoms with van der Waals surface area (Å²) < 4.78 is 6.69. The molecule has 0 spiro atoms. The summed E-state index contributed by atoms with van der Waals surface area (Å²) in [4.78, 5) is 0. The Kier molecular flexibility index (Phi) is 4.86. The molecule has 0 fully saturated rings. The Bertz CT molecular complexity index is 553. The van der Waals surface area contributed by atoms with Crippen molar-refractivity contribution in [2.24, 2.45) is 0 Å². The Balaban J connectivity index is 2.14. The summed E-state index contributed by atoms with van der Waals surface area (Å²) in [7, 11) is 0. The van der Waals surface area contributed by atoms with Crippen LogP contribution in [0.4, 0.5) is 0 Å². The van der Waals surface area contributed by atoms with E-state index in [2.05, 4.69) is 15.9 Å². The van der Waals surface area contributed by atoms with Gasteiger partial charge in [0.25, 0.3) is 0 Å². The molecule has 1 atom stereocenters. The highest BCUT2D eigenvalue weighted by Crippen LogP contribution is 2.29. The minimum Gasteiger partial charge on any atom is -0.488 e. The van der Waals surface area contributed by atoms with Crippen molar-refractivity contribution in [3.63, 3.8) is 0 Å². The third-order valence-corrected chi connectivity index (χ3v) is 3.48. The van der Waals surface area contributed by atoms with Gasteiger partial charge in [0.1, 0.15) is 12.4 Å². The first kappa shape index (κ1) is 14.4. The molecule has 19 heavy (non-hydrogen) atoms. The molecule has 0 aromatic heterocycles. The molecule has 0 heterocycles. The summed E-state index contributed by atoms with van der Waals surface area (Å²) >= 11 is 9.24. The molecule has 0 aliphatic heterocycles. The Labute approximate surface area is 126 Å². The summed E-state index contributed by atoms with van der Waals surface area (Å²) in [5, 5.41) is 10.4. The molecular weight excluding hydrogens is 328 g/mol. The number of rotatable bonds is 4. The molecule has 0 aliphatic rings. The topological polar surface area (TPSA) is 29.5 Å². The molecule has 0 amide bonds. The van der Waals surface area contributed by atoms with Crippen molar-refractivity contribution in [2.45, 2.75) is 19.6 Å². The van der Waals surface area contributed by atoms with E-state index in [1.54, 1.807) is 6.92 Å². The molecule has 1 N–H and O–H groups in total. The largest absolute Gasteiger partial charge is 0.488 e. The highest BCUT2D eigenvalue weighted by atomic mass is 79.9. The van der Waals surface area contributed by atoms with Crippen LogP contribution >= 0.6 is 27.5 Å². The highest BCUT2D eigenvalue weighted by molar-refractivity contribution is 9.10. The SMILES string of the molecule is C[C@H](O)c1ccc(Br)cc1OCc1ccc(Cl)cc1. The van der Waals surface area contributed by atoms with Crippen LogP contribution in [-0.2, 0) is 6.61 Å². The number of ether oxygens (including phenoxy) is 1. The first-order valence-corrected chi connectivity index (χ1v) is 7.08. The van der Waals surface area contributed by atoms with Gasteiger partial charge in [-0.05, 0) is 36.8 Å². The number of hydrogen-bond donors (Lipinski definition) is 1. The maximum absolute atomic E-state index is 9.72. The predicted octanol–water partition coefficient (Wildman–Crippen LogP) is 4.73. The number of benzene rings is 2. The molecule has 0 unspecified atom stereocenters. The quantitative estimate of drug-likeness (QED) is 0.870. The van der Waals surface area contributed by atoms with Crippen LogP contribution < -0.4 is 4.74 Å². The van der Waals surface area contributed by atoms with Gasteiger partial charge in [-0.3, -0.25) is 0 Å². The molecule has 0 radical (unpaired) electrons. The third-order valence-electron chi connectivity index (χ3n) is 2.73. The van der Waals surface area contributed by atoms with Crippen molar-refractivity contribution in [1.82, 2.24) is 0 Å². The molecule has 2 aromatic rings. The smallest absolute Gasteiger partial charge is 0.126 e. The van der Waals surface area contributed by atoms with Crippen molar-refractivity contribution < 1.29 is 9.84 Å². The maximum atomic E-state index is 9.72. The van der Waals surface area contributed by atoms with Crippen LogP contribution in [0.15, 0.2) is 46.9 Å². The monoisotopic (exact) mass is 340 g/mol. The zero-order valence-corrected chi connectivity index (χ0v) is 12.8. The second kappa shape index (κ2) is 6.42. The minimum atomic E-state index is -0.562. The van der Waals surface area contributed by atoms with Gasteiger partial charge in [-0.15, -0.1) is 0 Å². The Hall–Kier alpha value is -1.03. The lowest BCUT2D eigenvalue weighted by atomic mass is 10.1. The van der Waals surface area contributed by atoms with Crippen LogP contribution in [0.5, 0.6) is 5.75 Å². The normalized spacial score (nSPS) is 12.2. The van der Waals surface area contributed by atoms with Crippen molar-refractivity contribution in [2.75, 3.05) is 0 Å². The van der Waals surface area contributed by atoms with Crippen molar-refractivity contribution >= 4 is 27.5 Å². The van der Waals surface area contributed by atoms with E-state index < -0.39 is 6.10 Å². The Morgan fingerprint density at radius 2 is 1.89 bits per heavy atom. The number of hydrogen-bond acceptors (Lipinski definition) is 2. The highest BCUT2D eigenvalue weighted by Gasteiger charge is 2.09. The minimum absolute atomic E-state index is 0.438.